The van der Waals surface area contributed by atoms with Gasteiger partial charge >= 0.3 is 7.60 Å². The third-order valence-electron chi connectivity index (χ3n) is 3.48. The first-order valence-corrected chi connectivity index (χ1v) is 8.54. The van der Waals surface area contributed by atoms with Crippen LogP contribution in [-0.2, 0) is 20.2 Å². The van der Waals surface area contributed by atoms with Gasteiger partial charge in [-0.05, 0) is 24.3 Å². The number of hydrogen-bond donors (Lipinski definition) is 1. The molecular weight excluding hydrogens is 304 g/mol. The summed E-state index contributed by atoms with van der Waals surface area (Å²) in [4.78, 5) is 0. The Morgan fingerprint density at radius 1 is 1.05 bits per heavy atom. The molecule has 118 valence electrons. The van der Waals surface area contributed by atoms with Gasteiger partial charge in [-0.1, -0.05) is 30.3 Å². The highest BCUT2D eigenvalue weighted by Crippen LogP contribution is 2.56. The molecule has 0 aliphatic rings. The Morgan fingerprint density at radius 3 is 2.18 bits per heavy atom. The first-order chi connectivity index (χ1) is 10.6. The zero-order chi connectivity index (χ0) is 16.0. The number of quaternary nitrogens is 1. The smallest absolute Gasteiger partial charge is 0.326 e. The van der Waals surface area contributed by atoms with E-state index in [1.807, 2.05) is 35.6 Å². The van der Waals surface area contributed by atoms with Gasteiger partial charge in [0.25, 0.3) is 0 Å². The molecule has 0 amide bonds. The van der Waals surface area contributed by atoms with Crippen molar-refractivity contribution in [3.63, 3.8) is 0 Å². The molecule has 0 aliphatic carbocycles. The van der Waals surface area contributed by atoms with Crippen molar-refractivity contribution in [2.24, 2.45) is 0 Å². The molecular formula is C16H20FNO3P+. The summed E-state index contributed by atoms with van der Waals surface area (Å²) in [6.07, 6.45) is 0. The van der Waals surface area contributed by atoms with E-state index in [4.69, 9.17) is 9.05 Å². The van der Waals surface area contributed by atoms with Crippen LogP contribution in [0, 0.1) is 5.82 Å². The van der Waals surface area contributed by atoms with Crippen LogP contribution in [0.1, 0.15) is 16.9 Å². The lowest BCUT2D eigenvalue weighted by Crippen LogP contribution is -2.83. The Morgan fingerprint density at radius 2 is 1.64 bits per heavy atom. The molecule has 2 aromatic rings. The Kier molecular flexibility index (Phi) is 5.86. The summed E-state index contributed by atoms with van der Waals surface area (Å²) in [5.41, 5.74) is 1.79. The van der Waals surface area contributed by atoms with E-state index in [0.29, 0.717) is 12.1 Å². The summed E-state index contributed by atoms with van der Waals surface area (Å²) in [6, 6.07) is 15.7. The highest BCUT2D eigenvalue weighted by atomic mass is 31.2. The van der Waals surface area contributed by atoms with E-state index in [1.54, 1.807) is 12.1 Å². The fourth-order valence-corrected chi connectivity index (χ4v) is 3.78. The number of rotatable bonds is 7. The highest BCUT2D eigenvalue weighted by Gasteiger charge is 2.38. The van der Waals surface area contributed by atoms with E-state index in [-0.39, 0.29) is 5.82 Å². The maximum absolute atomic E-state index is 13.1. The molecule has 2 rings (SSSR count). The van der Waals surface area contributed by atoms with Crippen LogP contribution in [-0.4, -0.2) is 14.2 Å². The van der Waals surface area contributed by atoms with Gasteiger partial charge in [-0.25, -0.2) is 4.39 Å². The number of nitrogens with two attached hydrogens (primary N) is 1. The summed E-state index contributed by atoms with van der Waals surface area (Å²) in [5.74, 6) is -0.890. The zero-order valence-electron chi connectivity index (χ0n) is 12.6. The average Bonchev–Trinajstić information content (AvgIpc) is 2.57. The first-order valence-electron chi connectivity index (χ1n) is 6.93. The lowest BCUT2D eigenvalue weighted by atomic mass is 10.2. The van der Waals surface area contributed by atoms with Crippen molar-refractivity contribution in [2.75, 3.05) is 14.2 Å². The minimum absolute atomic E-state index is 0.338. The molecule has 0 bridgehead atoms. The molecule has 4 nitrogen and oxygen atoms in total. The predicted molar refractivity (Wildman–Crippen MR) is 82.8 cm³/mol. The molecule has 0 saturated carbocycles. The van der Waals surface area contributed by atoms with Crippen molar-refractivity contribution in [1.29, 1.82) is 0 Å². The fraction of sp³-hybridized carbons (Fsp3) is 0.250. The summed E-state index contributed by atoms with van der Waals surface area (Å²) in [6.45, 7) is 0.611. The van der Waals surface area contributed by atoms with Crippen molar-refractivity contribution in [3.8, 4) is 0 Å². The van der Waals surface area contributed by atoms with Gasteiger partial charge < -0.3 is 14.4 Å². The fourth-order valence-electron chi connectivity index (χ4n) is 2.27. The van der Waals surface area contributed by atoms with E-state index in [0.717, 1.165) is 5.56 Å². The number of hydrogen-bond acceptors (Lipinski definition) is 3. The van der Waals surface area contributed by atoms with Crippen molar-refractivity contribution >= 4 is 7.60 Å². The normalized spacial score (nSPS) is 13.0. The molecule has 0 fully saturated rings. The van der Waals surface area contributed by atoms with Crippen molar-refractivity contribution in [3.05, 3.63) is 71.5 Å². The number of benzene rings is 2. The summed E-state index contributed by atoms with van der Waals surface area (Å²) < 4.78 is 36.2. The van der Waals surface area contributed by atoms with Crippen molar-refractivity contribution in [1.82, 2.24) is 0 Å². The Bertz CT molecular complexity index is 626. The molecule has 0 radical (unpaired) electrons. The Balaban J connectivity index is 2.25. The van der Waals surface area contributed by atoms with Crippen LogP contribution in [0.4, 0.5) is 4.39 Å². The van der Waals surface area contributed by atoms with Crippen LogP contribution in [0.5, 0.6) is 0 Å². The van der Waals surface area contributed by atoms with E-state index in [2.05, 4.69) is 0 Å². The first kappa shape index (κ1) is 16.8. The second kappa shape index (κ2) is 7.65. The molecule has 2 aromatic carbocycles. The summed E-state index contributed by atoms with van der Waals surface area (Å²) in [7, 11) is -0.627. The van der Waals surface area contributed by atoms with Gasteiger partial charge in [-0.3, -0.25) is 4.57 Å². The Labute approximate surface area is 129 Å². The molecule has 0 aliphatic heterocycles. The van der Waals surface area contributed by atoms with Gasteiger partial charge in [0.05, 0.1) is 0 Å². The molecule has 2 N–H and O–H groups in total. The topological polar surface area (TPSA) is 52.1 Å². The molecule has 0 unspecified atom stereocenters. The van der Waals surface area contributed by atoms with Crippen LogP contribution >= 0.6 is 7.60 Å². The predicted octanol–water partition coefficient (Wildman–Crippen LogP) is 3.07. The van der Waals surface area contributed by atoms with Gasteiger partial charge in [-0.15, -0.1) is 0 Å². The maximum atomic E-state index is 13.1. The maximum Gasteiger partial charge on any atom is 0.391 e. The number of halogens is 1. The van der Waals surface area contributed by atoms with Crippen molar-refractivity contribution in [2.45, 2.75) is 12.3 Å². The van der Waals surface area contributed by atoms with Crippen LogP contribution in [0.3, 0.4) is 0 Å². The second-order valence-corrected chi connectivity index (χ2v) is 7.19. The average molecular weight is 324 g/mol. The van der Waals surface area contributed by atoms with E-state index < -0.39 is 13.4 Å². The van der Waals surface area contributed by atoms with Gasteiger partial charge in [0, 0.05) is 25.3 Å². The lowest BCUT2D eigenvalue weighted by molar-refractivity contribution is -0.693. The van der Waals surface area contributed by atoms with Crippen LogP contribution in [0.2, 0.25) is 0 Å². The van der Waals surface area contributed by atoms with Crippen LogP contribution in [0.15, 0.2) is 54.6 Å². The molecule has 0 heterocycles. The molecule has 1 atom stereocenters. The lowest BCUT2D eigenvalue weighted by Gasteiger charge is -2.22. The van der Waals surface area contributed by atoms with Gasteiger partial charge in [0.15, 0.2) is 0 Å². The summed E-state index contributed by atoms with van der Waals surface area (Å²) in [5, 5.41) is 1.89. The quantitative estimate of drug-likeness (QED) is 0.796. The van der Waals surface area contributed by atoms with Gasteiger partial charge in [-0.2, -0.15) is 0 Å². The highest BCUT2D eigenvalue weighted by molar-refractivity contribution is 7.53. The Hall–Kier alpha value is -1.52. The van der Waals surface area contributed by atoms with E-state index >= 15 is 0 Å². The van der Waals surface area contributed by atoms with E-state index in [1.165, 1.54) is 26.4 Å². The van der Waals surface area contributed by atoms with Gasteiger partial charge in [0.1, 0.15) is 12.4 Å². The van der Waals surface area contributed by atoms with E-state index in [9.17, 15) is 8.96 Å². The van der Waals surface area contributed by atoms with Crippen molar-refractivity contribution < 1.29 is 23.3 Å². The minimum Gasteiger partial charge on any atom is -0.326 e. The third-order valence-corrected chi connectivity index (χ3v) is 5.69. The van der Waals surface area contributed by atoms with Gasteiger partial charge in [0.2, 0.25) is 5.78 Å². The van der Waals surface area contributed by atoms with Crippen LogP contribution < -0.4 is 5.32 Å². The molecule has 0 saturated heterocycles. The minimum atomic E-state index is -3.34. The second-order valence-electron chi connectivity index (χ2n) is 4.83. The molecule has 0 aromatic heterocycles. The van der Waals surface area contributed by atoms with Crippen LogP contribution in [0.25, 0.3) is 0 Å². The summed E-state index contributed by atoms with van der Waals surface area (Å²) >= 11 is 0. The molecule has 0 spiro atoms. The standard InChI is InChI=1S/C16H19FNO3P/c1-20-22(19,21-2)16(14-8-10-15(17)11-9-14)18-12-13-6-4-3-5-7-13/h3-11,16,18H,12H2,1-2H3/p+1/t16-/m1/s1. The third kappa shape index (κ3) is 4.02. The molecule has 22 heavy (non-hydrogen) atoms. The monoisotopic (exact) mass is 324 g/mol. The largest absolute Gasteiger partial charge is 0.391 e. The zero-order valence-corrected chi connectivity index (χ0v) is 13.5. The SMILES string of the molecule is COP(=O)(OC)[C@@H]([NH2+]Cc1ccccc1)c1ccc(F)cc1. The molecule has 6 heteroatoms.